The molecule has 1 heterocycles. The molecule has 5 nitrogen and oxygen atoms in total. The monoisotopic (exact) mass is 175 g/mol. The van der Waals surface area contributed by atoms with Gasteiger partial charge in [0.15, 0.2) is 11.5 Å². The predicted octanol–water partition coefficient (Wildman–Crippen LogP) is 0.570. The third-order valence-corrected chi connectivity index (χ3v) is 1.20. The van der Waals surface area contributed by atoms with E-state index < -0.39 is 0 Å². The van der Waals surface area contributed by atoms with Gasteiger partial charge < -0.3 is 4.90 Å². The first-order valence-corrected chi connectivity index (χ1v) is 3.65. The van der Waals surface area contributed by atoms with Crippen LogP contribution < -0.4 is 0 Å². The van der Waals surface area contributed by atoms with Crippen LogP contribution in [0.3, 0.4) is 0 Å². The highest BCUT2D eigenvalue weighted by Crippen LogP contribution is 2.09. The van der Waals surface area contributed by atoms with E-state index in [4.69, 9.17) is 5.26 Å². The maximum absolute atomic E-state index is 8.64. The second-order valence-electron chi connectivity index (χ2n) is 2.55. The molecule has 0 aliphatic heterocycles. The first-order valence-electron chi connectivity index (χ1n) is 3.65. The molecule has 0 bridgehead atoms. The summed E-state index contributed by atoms with van der Waals surface area (Å²) in [6.45, 7) is 0. The van der Waals surface area contributed by atoms with Crippen LogP contribution in [0, 0.1) is 11.3 Å². The van der Waals surface area contributed by atoms with Gasteiger partial charge in [0.2, 0.25) is 0 Å². The third kappa shape index (κ3) is 2.52. The van der Waals surface area contributed by atoms with Crippen molar-refractivity contribution in [3.63, 3.8) is 0 Å². The first-order chi connectivity index (χ1) is 6.24. The van der Waals surface area contributed by atoms with Crippen molar-refractivity contribution in [1.29, 1.82) is 5.26 Å². The molecule has 0 atom stereocenters. The van der Waals surface area contributed by atoms with Gasteiger partial charge in [-0.3, -0.25) is 0 Å². The molecule has 0 spiro atoms. The van der Waals surface area contributed by atoms with Crippen molar-refractivity contribution in [2.45, 2.75) is 0 Å². The molecule has 0 aliphatic rings. The summed E-state index contributed by atoms with van der Waals surface area (Å²) in [5.41, 5.74) is 0.237. The summed E-state index contributed by atoms with van der Waals surface area (Å²) >= 11 is 0. The number of aliphatic imine (C=N–C) groups is 1. The van der Waals surface area contributed by atoms with E-state index in [0.717, 1.165) is 0 Å². The molecule has 0 saturated heterocycles. The lowest BCUT2D eigenvalue weighted by atomic mass is 10.4. The fourth-order valence-corrected chi connectivity index (χ4v) is 0.674. The van der Waals surface area contributed by atoms with Crippen molar-refractivity contribution in [2.24, 2.45) is 4.99 Å². The van der Waals surface area contributed by atoms with Crippen LogP contribution in [0.4, 0.5) is 5.82 Å². The number of nitriles is 1. The highest BCUT2D eigenvalue weighted by atomic mass is 15.1. The Labute approximate surface area is 76.4 Å². The minimum absolute atomic E-state index is 0.237. The lowest BCUT2D eigenvalue weighted by Gasteiger charge is -2.01. The maximum Gasteiger partial charge on any atom is 0.190 e. The Morgan fingerprint density at radius 3 is 2.77 bits per heavy atom. The molecule has 0 fully saturated rings. The van der Waals surface area contributed by atoms with E-state index in [-0.39, 0.29) is 5.69 Å². The molecule has 0 aromatic carbocycles. The van der Waals surface area contributed by atoms with Crippen molar-refractivity contribution in [1.82, 2.24) is 14.9 Å². The van der Waals surface area contributed by atoms with Gasteiger partial charge in [-0.05, 0) is 0 Å². The maximum atomic E-state index is 8.64. The number of hydrogen-bond acceptors (Lipinski definition) is 4. The summed E-state index contributed by atoms with van der Waals surface area (Å²) in [7, 11) is 3.68. The van der Waals surface area contributed by atoms with Gasteiger partial charge in [0, 0.05) is 26.5 Å². The van der Waals surface area contributed by atoms with E-state index in [1.165, 1.54) is 12.4 Å². The summed E-state index contributed by atoms with van der Waals surface area (Å²) < 4.78 is 0. The molecule has 0 unspecified atom stereocenters. The van der Waals surface area contributed by atoms with Crippen LogP contribution in [-0.4, -0.2) is 35.3 Å². The summed E-state index contributed by atoms with van der Waals surface area (Å²) in [5, 5.41) is 8.64. The molecule has 13 heavy (non-hydrogen) atoms. The average Bonchev–Trinajstić information content (AvgIpc) is 2.15. The standard InChI is InChI=1S/C8H9N5/c1-13(2)6-12-8-7(5-9)10-3-4-11-8/h3-4,6H,1-2H3. The van der Waals surface area contributed by atoms with Crippen LogP contribution >= 0.6 is 0 Å². The summed E-state index contributed by atoms with van der Waals surface area (Å²) in [6, 6.07) is 1.91. The zero-order valence-electron chi connectivity index (χ0n) is 7.47. The van der Waals surface area contributed by atoms with Gasteiger partial charge in [0.25, 0.3) is 0 Å². The summed E-state index contributed by atoms with van der Waals surface area (Å²) in [5.74, 6) is 0.346. The van der Waals surface area contributed by atoms with Crippen LogP contribution in [0.15, 0.2) is 17.4 Å². The topological polar surface area (TPSA) is 65.2 Å². The highest BCUT2D eigenvalue weighted by molar-refractivity contribution is 5.60. The van der Waals surface area contributed by atoms with Gasteiger partial charge >= 0.3 is 0 Å². The Hall–Kier alpha value is -1.96. The summed E-state index contributed by atoms with van der Waals surface area (Å²) in [6.07, 6.45) is 4.54. The second-order valence-corrected chi connectivity index (χ2v) is 2.55. The van der Waals surface area contributed by atoms with Crippen LogP contribution in [-0.2, 0) is 0 Å². The molecular formula is C8H9N5. The molecule has 0 saturated carbocycles. The zero-order valence-corrected chi connectivity index (χ0v) is 7.47. The number of rotatable bonds is 2. The van der Waals surface area contributed by atoms with Gasteiger partial charge in [0.1, 0.15) is 6.07 Å². The number of hydrogen-bond donors (Lipinski definition) is 0. The predicted molar refractivity (Wildman–Crippen MR) is 48.6 cm³/mol. The highest BCUT2D eigenvalue weighted by Gasteiger charge is 1.99. The van der Waals surface area contributed by atoms with Gasteiger partial charge in [-0.25, -0.2) is 15.0 Å². The van der Waals surface area contributed by atoms with Crippen molar-refractivity contribution in [2.75, 3.05) is 14.1 Å². The molecular weight excluding hydrogens is 166 g/mol. The Kier molecular flexibility index (Phi) is 2.92. The lowest BCUT2D eigenvalue weighted by molar-refractivity contribution is 0.643. The third-order valence-electron chi connectivity index (χ3n) is 1.20. The minimum atomic E-state index is 0.237. The Balaban J connectivity index is 2.95. The molecule has 0 amide bonds. The van der Waals surface area contributed by atoms with Crippen molar-refractivity contribution in [3.05, 3.63) is 18.1 Å². The number of nitrogens with zero attached hydrogens (tertiary/aromatic N) is 5. The minimum Gasteiger partial charge on any atom is -0.369 e. The van der Waals surface area contributed by atoms with E-state index in [1.807, 2.05) is 20.2 Å². The fraction of sp³-hybridized carbons (Fsp3) is 0.250. The van der Waals surface area contributed by atoms with E-state index in [9.17, 15) is 0 Å². The van der Waals surface area contributed by atoms with Crippen molar-refractivity contribution >= 4 is 12.2 Å². The zero-order chi connectivity index (χ0) is 9.68. The van der Waals surface area contributed by atoms with Crippen molar-refractivity contribution in [3.8, 4) is 6.07 Å². The molecule has 5 heteroatoms. The average molecular weight is 175 g/mol. The molecule has 0 aliphatic carbocycles. The Bertz CT molecular complexity index is 350. The largest absolute Gasteiger partial charge is 0.369 e. The van der Waals surface area contributed by atoms with E-state index >= 15 is 0 Å². The molecule has 1 aromatic rings. The molecule has 66 valence electrons. The lowest BCUT2D eigenvalue weighted by Crippen LogP contribution is -2.07. The molecule has 1 rings (SSSR count). The van der Waals surface area contributed by atoms with E-state index in [1.54, 1.807) is 11.2 Å². The van der Waals surface area contributed by atoms with Crippen LogP contribution in [0.25, 0.3) is 0 Å². The number of aromatic nitrogens is 2. The van der Waals surface area contributed by atoms with E-state index in [2.05, 4.69) is 15.0 Å². The fourth-order valence-electron chi connectivity index (χ4n) is 0.674. The second kappa shape index (κ2) is 4.16. The normalized spacial score (nSPS) is 9.92. The van der Waals surface area contributed by atoms with E-state index in [0.29, 0.717) is 5.82 Å². The smallest absolute Gasteiger partial charge is 0.190 e. The Morgan fingerprint density at radius 2 is 2.15 bits per heavy atom. The van der Waals surface area contributed by atoms with Crippen molar-refractivity contribution < 1.29 is 0 Å². The van der Waals surface area contributed by atoms with Gasteiger partial charge in [-0.1, -0.05) is 0 Å². The van der Waals surface area contributed by atoms with Crippen LogP contribution in [0.1, 0.15) is 5.69 Å². The van der Waals surface area contributed by atoms with Gasteiger partial charge in [0.05, 0.1) is 6.34 Å². The molecule has 0 N–H and O–H groups in total. The van der Waals surface area contributed by atoms with Crippen LogP contribution in [0.2, 0.25) is 0 Å². The molecule has 1 aromatic heterocycles. The SMILES string of the molecule is CN(C)C=Nc1nccnc1C#N. The quantitative estimate of drug-likeness (QED) is 0.487. The van der Waals surface area contributed by atoms with Crippen LogP contribution in [0.5, 0.6) is 0 Å². The Morgan fingerprint density at radius 1 is 1.46 bits per heavy atom. The molecule has 0 radical (unpaired) electrons. The summed E-state index contributed by atoms with van der Waals surface area (Å²) in [4.78, 5) is 13.5. The van der Waals surface area contributed by atoms with Gasteiger partial charge in [-0.2, -0.15) is 5.26 Å². The van der Waals surface area contributed by atoms with Gasteiger partial charge in [-0.15, -0.1) is 0 Å². The first kappa shape index (κ1) is 9.13.